The molecule has 1 radical (unpaired) electrons. The summed E-state index contributed by atoms with van der Waals surface area (Å²) in [7, 11) is -4.49. The average molecular weight is 496 g/mol. The Morgan fingerprint density at radius 2 is 1.67 bits per heavy atom. The summed E-state index contributed by atoms with van der Waals surface area (Å²) < 4.78 is 36.4. The maximum absolute atomic E-state index is 11.2. The van der Waals surface area contributed by atoms with Gasteiger partial charge in [0.15, 0.2) is 0 Å². The fraction of sp³-hybridized carbons (Fsp3) is 0.958. The Morgan fingerprint density at radius 1 is 1.03 bits per heavy atom. The summed E-state index contributed by atoms with van der Waals surface area (Å²) in [6.45, 7) is 6.92. The largest absolute Gasteiger partial charge is 0.481 e. The molecule has 0 aromatic rings. The third kappa shape index (κ3) is 5.23. The zero-order valence-corrected chi connectivity index (χ0v) is 23.4. The van der Waals surface area contributed by atoms with Gasteiger partial charge in [-0.05, 0) is 104 Å². The molecule has 7 nitrogen and oxygen atoms in total. The predicted molar refractivity (Wildman–Crippen MR) is 125 cm³/mol. The van der Waals surface area contributed by atoms with Crippen LogP contribution in [0.4, 0.5) is 0 Å². The van der Waals surface area contributed by atoms with Gasteiger partial charge >= 0.3 is 16.4 Å². The third-order valence-electron chi connectivity index (χ3n) is 10.5. The van der Waals surface area contributed by atoms with Gasteiger partial charge in [-0.3, -0.25) is 9.35 Å². The standard InChI is InChI=1S/C24H40O7S.Na/c1-14(4-7-22(26)27)17-5-6-18-16-13-21(25)20-12-15(31-32(28,29)30)8-10-24(20,3)19(16)9-11-23(17,18)2;/h14-21,25H,4-13H2,1-3H3,(H,26,27)(H,28,29,30);/t14-,15-,16+,17-,18+,19+,20+,21+,23-,24-;/m1./s1. The number of rotatable bonds is 6. The van der Waals surface area contributed by atoms with Crippen LogP contribution in [0.3, 0.4) is 0 Å². The normalized spacial score (nSPS) is 45.8. The Kier molecular flexibility index (Phi) is 8.43. The number of aliphatic carboxylic acids is 1. The first-order valence-corrected chi connectivity index (χ1v) is 13.8. The molecule has 4 aliphatic carbocycles. The van der Waals surface area contributed by atoms with E-state index in [0.717, 1.165) is 44.9 Å². The van der Waals surface area contributed by atoms with E-state index in [1.54, 1.807) is 0 Å². The van der Waals surface area contributed by atoms with Crippen molar-refractivity contribution < 1.29 is 32.2 Å². The fourth-order valence-corrected chi connectivity index (χ4v) is 9.57. The predicted octanol–water partition coefficient (Wildman–Crippen LogP) is 3.92. The van der Waals surface area contributed by atoms with Gasteiger partial charge in [0, 0.05) is 36.0 Å². The smallest absolute Gasteiger partial charge is 0.397 e. The molecule has 0 bridgehead atoms. The van der Waals surface area contributed by atoms with Gasteiger partial charge < -0.3 is 10.2 Å². The van der Waals surface area contributed by atoms with Crippen molar-refractivity contribution in [3.63, 3.8) is 0 Å². The van der Waals surface area contributed by atoms with Crippen LogP contribution in [0.1, 0.15) is 85.0 Å². The Balaban J connectivity index is 0.00000306. The molecule has 0 aromatic heterocycles. The van der Waals surface area contributed by atoms with E-state index < -0.39 is 28.6 Å². The second-order valence-corrected chi connectivity index (χ2v) is 12.9. The van der Waals surface area contributed by atoms with E-state index in [9.17, 15) is 18.3 Å². The first kappa shape index (κ1) is 27.9. The summed E-state index contributed by atoms with van der Waals surface area (Å²) in [6, 6.07) is 0. The topological polar surface area (TPSA) is 121 Å². The zero-order chi connectivity index (χ0) is 23.5. The first-order chi connectivity index (χ1) is 14.8. The zero-order valence-electron chi connectivity index (χ0n) is 20.6. The van der Waals surface area contributed by atoms with Crippen molar-refractivity contribution in [3.8, 4) is 0 Å². The van der Waals surface area contributed by atoms with Crippen molar-refractivity contribution in [1.82, 2.24) is 0 Å². The molecule has 4 saturated carbocycles. The maximum atomic E-state index is 11.2. The molecule has 0 heterocycles. The molecule has 0 amide bonds. The Morgan fingerprint density at radius 3 is 2.30 bits per heavy atom. The van der Waals surface area contributed by atoms with Crippen LogP contribution in [0.25, 0.3) is 0 Å². The quantitative estimate of drug-likeness (QED) is 0.377. The molecule has 0 aliphatic heterocycles. The molecule has 9 heteroatoms. The van der Waals surface area contributed by atoms with Crippen molar-refractivity contribution in [1.29, 1.82) is 0 Å². The molecule has 185 valence electrons. The first-order valence-electron chi connectivity index (χ1n) is 12.4. The molecular weight excluding hydrogens is 455 g/mol. The fourth-order valence-electron chi connectivity index (χ4n) is 9.05. The van der Waals surface area contributed by atoms with Gasteiger partial charge in [0.2, 0.25) is 0 Å². The van der Waals surface area contributed by atoms with Gasteiger partial charge in [0.25, 0.3) is 0 Å². The van der Waals surface area contributed by atoms with E-state index in [2.05, 4.69) is 20.8 Å². The molecule has 0 saturated heterocycles. The summed E-state index contributed by atoms with van der Waals surface area (Å²) >= 11 is 0. The molecule has 4 rings (SSSR count). The van der Waals surface area contributed by atoms with Crippen molar-refractivity contribution in [2.24, 2.45) is 46.3 Å². The van der Waals surface area contributed by atoms with E-state index in [0.29, 0.717) is 42.4 Å². The minimum atomic E-state index is -4.49. The maximum Gasteiger partial charge on any atom is 0.397 e. The number of hydrogen-bond donors (Lipinski definition) is 3. The van der Waals surface area contributed by atoms with Crippen LogP contribution >= 0.6 is 0 Å². The van der Waals surface area contributed by atoms with Crippen LogP contribution in [0, 0.1) is 46.3 Å². The molecule has 0 aromatic carbocycles. The summed E-state index contributed by atoms with van der Waals surface area (Å²) in [5.74, 6) is 1.72. The van der Waals surface area contributed by atoms with Crippen LogP contribution < -0.4 is 0 Å². The average Bonchev–Trinajstić information content (AvgIpc) is 3.03. The Hall–Kier alpha value is 0.300. The number of aliphatic hydroxyl groups excluding tert-OH is 1. The molecule has 4 fully saturated rings. The van der Waals surface area contributed by atoms with Gasteiger partial charge in [-0.25, -0.2) is 4.18 Å². The van der Waals surface area contributed by atoms with Crippen LogP contribution in [-0.4, -0.2) is 70.9 Å². The van der Waals surface area contributed by atoms with Crippen molar-refractivity contribution in [3.05, 3.63) is 0 Å². The summed E-state index contributed by atoms with van der Waals surface area (Å²) in [5.41, 5.74) is 0.156. The molecule has 4 aliphatic rings. The van der Waals surface area contributed by atoms with E-state index in [1.165, 1.54) is 0 Å². The van der Waals surface area contributed by atoms with Crippen LogP contribution in [0.15, 0.2) is 0 Å². The van der Waals surface area contributed by atoms with Gasteiger partial charge in [-0.15, -0.1) is 0 Å². The van der Waals surface area contributed by atoms with Crippen LogP contribution in [0.5, 0.6) is 0 Å². The van der Waals surface area contributed by atoms with Crippen LogP contribution in [0.2, 0.25) is 0 Å². The number of carboxylic acid groups (broad SMARTS) is 1. The molecule has 0 spiro atoms. The van der Waals surface area contributed by atoms with Gasteiger partial charge in [-0.2, -0.15) is 8.42 Å². The SMILES string of the molecule is C[C@H](CCC(=O)O)[C@H]1CC[C@H]2[C@@H]3C[C@H](O)[C@@H]4C[C@H](OS(=O)(=O)O)CC[C@]4(C)[C@H]3CC[C@]12C.[Na]. The number of hydrogen-bond acceptors (Lipinski definition) is 5. The number of carboxylic acids is 1. The van der Waals surface area contributed by atoms with E-state index in [4.69, 9.17) is 13.8 Å². The number of aliphatic hydroxyl groups is 1. The van der Waals surface area contributed by atoms with Gasteiger partial charge in [-0.1, -0.05) is 20.8 Å². The van der Waals surface area contributed by atoms with Gasteiger partial charge in [0.05, 0.1) is 12.2 Å². The second-order valence-electron chi connectivity index (χ2n) is 11.9. The Bertz CT molecular complexity index is 835. The van der Waals surface area contributed by atoms with E-state index in [-0.39, 0.29) is 52.7 Å². The van der Waals surface area contributed by atoms with Gasteiger partial charge in [0.1, 0.15) is 0 Å². The molecule has 33 heavy (non-hydrogen) atoms. The van der Waals surface area contributed by atoms with Crippen LogP contribution in [-0.2, 0) is 19.4 Å². The Labute approximate surface area is 220 Å². The van der Waals surface area contributed by atoms with Crippen molar-refractivity contribution in [2.75, 3.05) is 0 Å². The summed E-state index contributed by atoms with van der Waals surface area (Å²) in [4.78, 5) is 11.1. The number of carbonyl (C=O) groups is 1. The van der Waals surface area contributed by atoms with E-state index >= 15 is 0 Å². The number of fused-ring (bicyclic) bond motifs is 5. The molecule has 3 N–H and O–H groups in total. The van der Waals surface area contributed by atoms with Crippen molar-refractivity contribution in [2.45, 2.75) is 97.2 Å². The third-order valence-corrected chi connectivity index (χ3v) is 11.0. The minimum absolute atomic E-state index is 0. The minimum Gasteiger partial charge on any atom is -0.481 e. The molecular formula is C24H40NaO7S. The molecule has 0 unspecified atom stereocenters. The second kappa shape index (κ2) is 9.98. The van der Waals surface area contributed by atoms with E-state index in [1.807, 2.05) is 0 Å². The summed E-state index contributed by atoms with van der Waals surface area (Å²) in [5, 5.41) is 20.3. The molecule has 10 atom stereocenters. The monoisotopic (exact) mass is 495 g/mol. The summed E-state index contributed by atoms with van der Waals surface area (Å²) in [6.07, 6.45) is 7.08. The van der Waals surface area contributed by atoms with Crippen molar-refractivity contribution >= 4 is 45.9 Å².